The van der Waals surface area contributed by atoms with E-state index in [1.54, 1.807) is 0 Å². The zero-order valence-corrected chi connectivity index (χ0v) is 13.5. The second-order valence-electron chi connectivity index (χ2n) is 6.30. The van der Waals surface area contributed by atoms with E-state index in [0.717, 1.165) is 43.7 Å². The Morgan fingerprint density at radius 3 is 2.96 bits per heavy atom. The standard InChI is InChI=1S/C18H21N5O/c19-18-17-4-3-16(23(17)21-12-20-18)10-13-1-2-14-5-6-22(7-8-24)11-15(14)9-13/h1-4,9,12,24H,5-8,10-11H2,(H2,19,20,21). The van der Waals surface area contributed by atoms with Crippen molar-refractivity contribution in [2.45, 2.75) is 19.4 Å². The fourth-order valence-electron chi connectivity index (χ4n) is 3.46. The van der Waals surface area contributed by atoms with Crippen molar-refractivity contribution in [3.8, 4) is 0 Å². The fraction of sp³-hybridized carbons (Fsp3) is 0.333. The molecule has 0 radical (unpaired) electrons. The van der Waals surface area contributed by atoms with Gasteiger partial charge in [0, 0.05) is 31.7 Å². The number of nitrogens with two attached hydrogens (primary N) is 1. The molecule has 6 heteroatoms. The largest absolute Gasteiger partial charge is 0.395 e. The van der Waals surface area contributed by atoms with E-state index in [-0.39, 0.29) is 6.61 Å². The van der Waals surface area contributed by atoms with Crippen molar-refractivity contribution in [1.29, 1.82) is 0 Å². The number of hydrogen-bond acceptors (Lipinski definition) is 5. The zero-order chi connectivity index (χ0) is 16.5. The third-order valence-electron chi connectivity index (χ3n) is 4.72. The predicted molar refractivity (Wildman–Crippen MR) is 92.7 cm³/mol. The van der Waals surface area contributed by atoms with Crippen LogP contribution in [0, 0.1) is 0 Å². The number of aliphatic hydroxyl groups excluding tert-OH is 1. The molecule has 3 N–H and O–H groups in total. The van der Waals surface area contributed by atoms with Crippen LogP contribution in [-0.4, -0.2) is 44.3 Å². The summed E-state index contributed by atoms with van der Waals surface area (Å²) in [7, 11) is 0. The van der Waals surface area contributed by atoms with E-state index in [9.17, 15) is 0 Å². The first-order valence-electron chi connectivity index (χ1n) is 8.25. The highest BCUT2D eigenvalue weighted by molar-refractivity contribution is 5.65. The maximum atomic E-state index is 9.15. The lowest BCUT2D eigenvalue weighted by Crippen LogP contribution is -2.32. The topological polar surface area (TPSA) is 79.7 Å². The molecule has 24 heavy (non-hydrogen) atoms. The third-order valence-corrected chi connectivity index (χ3v) is 4.72. The van der Waals surface area contributed by atoms with Crippen LogP contribution in [0.4, 0.5) is 5.82 Å². The van der Waals surface area contributed by atoms with Crippen molar-refractivity contribution >= 4 is 11.3 Å². The average Bonchev–Trinajstić information content (AvgIpc) is 2.99. The lowest BCUT2D eigenvalue weighted by molar-refractivity contribution is 0.184. The normalized spacial score (nSPS) is 14.9. The number of benzene rings is 1. The Labute approximate surface area is 140 Å². The highest BCUT2D eigenvalue weighted by Gasteiger charge is 2.16. The molecule has 0 unspecified atom stereocenters. The van der Waals surface area contributed by atoms with Gasteiger partial charge in [-0.2, -0.15) is 5.10 Å². The minimum atomic E-state index is 0.215. The summed E-state index contributed by atoms with van der Waals surface area (Å²) in [4.78, 5) is 6.33. The van der Waals surface area contributed by atoms with Gasteiger partial charge in [-0.3, -0.25) is 4.90 Å². The highest BCUT2D eigenvalue weighted by Crippen LogP contribution is 2.22. The number of β-amino-alcohol motifs (C(OH)–C–C–N with tert-alkyl or cyclic N) is 1. The van der Waals surface area contributed by atoms with Crippen LogP contribution >= 0.6 is 0 Å². The molecule has 3 aromatic rings. The Morgan fingerprint density at radius 1 is 1.17 bits per heavy atom. The van der Waals surface area contributed by atoms with Gasteiger partial charge in [0.25, 0.3) is 0 Å². The molecule has 0 amide bonds. The third kappa shape index (κ3) is 2.74. The summed E-state index contributed by atoms with van der Waals surface area (Å²) < 4.78 is 1.86. The minimum Gasteiger partial charge on any atom is -0.395 e. The maximum Gasteiger partial charge on any atom is 0.151 e. The van der Waals surface area contributed by atoms with Crippen molar-refractivity contribution < 1.29 is 5.11 Å². The number of anilines is 1. The summed E-state index contributed by atoms with van der Waals surface area (Å²) in [5, 5.41) is 13.5. The smallest absolute Gasteiger partial charge is 0.151 e. The monoisotopic (exact) mass is 323 g/mol. The molecule has 0 saturated heterocycles. The molecule has 1 aromatic carbocycles. The number of rotatable bonds is 4. The molecule has 0 bridgehead atoms. The Morgan fingerprint density at radius 2 is 2.08 bits per heavy atom. The Bertz CT molecular complexity index is 873. The first kappa shape index (κ1) is 15.1. The van der Waals surface area contributed by atoms with Gasteiger partial charge in [-0.1, -0.05) is 18.2 Å². The van der Waals surface area contributed by atoms with Gasteiger partial charge in [0.1, 0.15) is 11.8 Å². The molecule has 0 fully saturated rings. The van der Waals surface area contributed by atoms with E-state index in [1.165, 1.54) is 23.0 Å². The van der Waals surface area contributed by atoms with Gasteiger partial charge in [0.05, 0.1) is 6.61 Å². The van der Waals surface area contributed by atoms with E-state index in [0.29, 0.717) is 5.82 Å². The molecule has 4 rings (SSSR count). The molecule has 0 aliphatic carbocycles. The van der Waals surface area contributed by atoms with Crippen LogP contribution < -0.4 is 5.73 Å². The first-order chi connectivity index (χ1) is 11.7. The van der Waals surface area contributed by atoms with Gasteiger partial charge < -0.3 is 10.8 Å². The molecule has 2 aromatic heterocycles. The quantitative estimate of drug-likeness (QED) is 0.755. The second kappa shape index (κ2) is 6.22. The van der Waals surface area contributed by atoms with Crippen molar-refractivity contribution in [2.24, 2.45) is 0 Å². The molecule has 0 saturated carbocycles. The molecule has 3 heterocycles. The maximum absolute atomic E-state index is 9.15. The van der Waals surface area contributed by atoms with Gasteiger partial charge in [0.15, 0.2) is 5.82 Å². The summed E-state index contributed by atoms with van der Waals surface area (Å²) in [6.07, 6.45) is 3.34. The van der Waals surface area contributed by atoms with Crippen LogP contribution in [0.2, 0.25) is 0 Å². The molecular formula is C18H21N5O. The molecule has 124 valence electrons. The minimum absolute atomic E-state index is 0.215. The van der Waals surface area contributed by atoms with Gasteiger partial charge in [-0.25, -0.2) is 9.50 Å². The van der Waals surface area contributed by atoms with Gasteiger partial charge in [-0.15, -0.1) is 0 Å². The fourth-order valence-corrected chi connectivity index (χ4v) is 3.46. The summed E-state index contributed by atoms with van der Waals surface area (Å²) in [5.41, 5.74) is 11.9. The summed E-state index contributed by atoms with van der Waals surface area (Å²) in [6, 6.07) is 10.7. The van der Waals surface area contributed by atoms with Gasteiger partial charge >= 0.3 is 0 Å². The first-order valence-corrected chi connectivity index (χ1v) is 8.25. The number of nitrogens with zero attached hydrogens (tertiary/aromatic N) is 4. The van der Waals surface area contributed by atoms with Crippen LogP contribution in [0.3, 0.4) is 0 Å². The van der Waals surface area contributed by atoms with Crippen LogP contribution in [0.1, 0.15) is 22.4 Å². The van der Waals surface area contributed by atoms with Crippen LogP contribution in [-0.2, 0) is 19.4 Å². The second-order valence-corrected chi connectivity index (χ2v) is 6.30. The highest BCUT2D eigenvalue weighted by atomic mass is 16.3. The van der Waals surface area contributed by atoms with Gasteiger partial charge in [0.2, 0.25) is 0 Å². The lowest BCUT2D eigenvalue weighted by Gasteiger charge is -2.28. The number of nitrogen functional groups attached to an aromatic ring is 1. The molecule has 6 nitrogen and oxygen atoms in total. The molecular weight excluding hydrogens is 302 g/mol. The number of fused-ring (bicyclic) bond motifs is 2. The van der Waals surface area contributed by atoms with Crippen molar-refractivity contribution in [3.05, 3.63) is 59.0 Å². The van der Waals surface area contributed by atoms with E-state index in [4.69, 9.17) is 10.8 Å². The average molecular weight is 323 g/mol. The van der Waals surface area contributed by atoms with Crippen molar-refractivity contribution in [2.75, 3.05) is 25.4 Å². The SMILES string of the molecule is Nc1ncnn2c(Cc3ccc4c(c3)CN(CCO)CC4)ccc12. The lowest BCUT2D eigenvalue weighted by atomic mass is 9.96. The van der Waals surface area contributed by atoms with Crippen LogP contribution in [0.5, 0.6) is 0 Å². The van der Waals surface area contributed by atoms with E-state index in [1.807, 2.05) is 10.6 Å². The molecule has 0 atom stereocenters. The predicted octanol–water partition coefficient (Wildman–Crippen LogP) is 1.25. The number of hydrogen-bond donors (Lipinski definition) is 2. The molecule has 1 aliphatic heterocycles. The van der Waals surface area contributed by atoms with Crippen molar-refractivity contribution in [3.63, 3.8) is 0 Å². The Hall–Kier alpha value is -2.44. The molecule has 1 aliphatic rings. The zero-order valence-electron chi connectivity index (χ0n) is 13.5. The van der Waals surface area contributed by atoms with E-state index >= 15 is 0 Å². The van der Waals surface area contributed by atoms with Crippen LogP contribution in [0.25, 0.3) is 5.52 Å². The summed E-state index contributed by atoms with van der Waals surface area (Å²) >= 11 is 0. The summed E-state index contributed by atoms with van der Waals surface area (Å²) in [5.74, 6) is 0.501. The Kier molecular flexibility index (Phi) is 3.92. The Balaban J connectivity index is 1.61. The molecule has 0 spiro atoms. The number of aliphatic hydroxyl groups is 1. The summed E-state index contributed by atoms with van der Waals surface area (Å²) in [6.45, 7) is 2.88. The van der Waals surface area contributed by atoms with E-state index in [2.05, 4.69) is 39.2 Å². The number of aromatic nitrogens is 3. The van der Waals surface area contributed by atoms with Crippen molar-refractivity contribution in [1.82, 2.24) is 19.5 Å². The van der Waals surface area contributed by atoms with E-state index < -0.39 is 0 Å². The van der Waals surface area contributed by atoms with Gasteiger partial charge in [-0.05, 0) is 35.2 Å². The van der Waals surface area contributed by atoms with Crippen LogP contribution in [0.15, 0.2) is 36.7 Å².